The molecule has 0 amide bonds. The Balaban J connectivity index is 2.09. The average Bonchev–Trinajstić information content (AvgIpc) is 2.81. The van der Waals surface area contributed by atoms with Gasteiger partial charge in [-0.25, -0.2) is 9.97 Å². The summed E-state index contributed by atoms with van der Waals surface area (Å²) in [4.78, 5) is 22.2. The number of nitrogens with zero attached hydrogens (tertiary/aromatic N) is 2. The average molecular weight is 260 g/mol. The third-order valence-corrected chi connectivity index (χ3v) is 2.60. The van der Waals surface area contributed by atoms with E-state index in [-0.39, 0.29) is 6.42 Å². The van der Waals surface area contributed by atoms with Gasteiger partial charge in [-0.05, 0) is 26.0 Å². The van der Waals surface area contributed by atoms with Gasteiger partial charge in [0.2, 0.25) is 5.95 Å². The van der Waals surface area contributed by atoms with E-state index in [4.69, 9.17) is 5.11 Å². The highest BCUT2D eigenvalue weighted by molar-refractivity contribution is 5.69. The zero-order valence-electron chi connectivity index (χ0n) is 10.8. The van der Waals surface area contributed by atoms with Gasteiger partial charge in [-0.2, -0.15) is 0 Å². The molecule has 0 spiro atoms. The van der Waals surface area contributed by atoms with Crippen LogP contribution in [0.25, 0.3) is 11.3 Å². The molecule has 6 nitrogen and oxygen atoms in total. The Labute approximate surface area is 110 Å². The van der Waals surface area contributed by atoms with Crippen molar-refractivity contribution < 1.29 is 9.90 Å². The predicted molar refractivity (Wildman–Crippen MR) is 71.8 cm³/mol. The van der Waals surface area contributed by atoms with E-state index in [9.17, 15) is 4.79 Å². The first-order chi connectivity index (χ1) is 8.96. The number of carboxylic acids is 1. The largest absolute Gasteiger partial charge is 0.481 e. The van der Waals surface area contributed by atoms with Gasteiger partial charge in [-0.15, -0.1) is 0 Å². The van der Waals surface area contributed by atoms with Crippen molar-refractivity contribution in [1.29, 1.82) is 0 Å². The number of rotatable bonds is 5. The number of carboxylic acid groups (broad SMARTS) is 1. The third-order valence-electron chi connectivity index (χ3n) is 2.60. The zero-order chi connectivity index (χ0) is 13.9. The summed E-state index contributed by atoms with van der Waals surface area (Å²) in [5, 5.41) is 11.8. The fourth-order valence-corrected chi connectivity index (χ4v) is 1.77. The lowest BCUT2D eigenvalue weighted by Crippen LogP contribution is -2.34. The second-order valence-electron chi connectivity index (χ2n) is 4.96. The Morgan fingerprint density at radius 2 is 2.11 bits per heavy atom. The quantitative estimate of drug-likeness (QED) is 0.766. The summed E-state index contributed by atoms with van der Waals surface area (Å²) >= 11 is 0. The van der Waals surface area contributed by atoms with Crippen LogP contribution in [0.5, 0.6) is 0 Å². The Morgan fingerprint density at radius 3 is 2.63 bits per heavy atom. The van der Waals surface area contributed by atoms with Crippen LogP contribution < -0.4 is 5.32 Å². The molecule has 2 aromatic heterocycles. The predicted octanol–water partition coefficient (Wildman–Crippen LogP) is 2.14. The molecule has 0 aliphatic carbocycles. The maximum absolute atomic E-state index is 10.7. The van der Waals surface area contributed by atoms with Gasteiger partial charge in [-0.3, -0.25) is 4.79 Å². The maximum Gasteiger partial charge on any atom is 0.305 e. The summed E-state index contributed by atoms with van der Waals surface area (Å²) in [7, 11) is 0. The van der Waals surface area contributed by atoms with Crippen LogP contribution in [0.3, 0.4) is 0 Å². The van der Waals surface area contributed by atoms with Crippen LogP contribution in [-0.2, 0) is 4.79 Å². The number of hydrogen-bond acceptors (Lipinski definition) is 4. The second kappa shape index (κ2) is 5.09. The molecule has 2 heterocycles. The van der Waals surface area contributed by atoms with E-state index in [2.05, 4.69) is 20.3 Å². The first-order valence-electron chi connectivity index (χ1n) is 5.92. The van der Waals surface area contributed by atoms with Crippen LogP contribution in [-0.4, -0.2) is 31.6 Å². The minimum Gasteiger partial charge on any atom is -0.481 e. The highest BCUT2D eigenvalue weighted by atomic mass is 16.4. The van der Waals surface area contributed by atoms with Crippen molar-refractivity contribution in [3.8, 4) is 11.3 Å². The molecule has 6 heteroatoms. The van der Waals surface area contributed by atoms with Crippen molar-refractivity contribution in [1.82, 2.24) is 15.0 Å². The maximum atomic E-state index is 10.7. The third kappa shape index (κ3) is 3.54. The highest BCUT2D eigenvalue weighted by Crippen LogP contribution is 2.18. The number of carbonyl (C=O) groups is 1. The number of aromatic amines is 1. The minimum absolute atomic E-state index is 0.00522. The molecule has 3 N–H and O–H groups in total. The molecule has 0 saturated carbocycles. The number of aromatic nitrogens is 3. The molecule has 19 heavy (non-hydrogen) atoms. The van der Waals surface area contributed by atoms with Crippen molar-refractivity contribution >= 4 is 11.9 Å². The summed E-state index contributed by atoms with van der Waals surface area (Å²) in [5.41, 5.74) is 1.22. The standard InChI is InChI=1S/C13H16N4O2/c1-13(2,6-11(18)19)17-12-15-7-9(8-16-12)10-4-3-5-14-10/h3-5,7-8,14H,6H2,1-2H3,(H,18,19)(H,15,16,17). The number of aliphatic carboxylic acids is 1. The first-order valence-corrected chi connectivity index (χ1v) is 5.92. The number of anilines is 1. The van der Waals surface area contributed by atoms with Crippen LogP contribution in [0.1, 0.15) is 20.3 Å². The van der Waals surface area contributed by atoms with Crippen LogP contribution in [0.2, 0.25) is 0 Å². The van der Waals surface area contributed by atoms with E-state index >= 15 is 0 Å². The summed E-state index contributed by atoms with van der Waals surface area (Å²) in [5.74, 6) is -0.443. The fourth-order valence-electron chi connectivity index (χ4n) is 1.77. The van der Waals surface area contributed by atoms with E-state index in [1.807, 2.05) is 18.3 Å². The van der Waals surface area contributed by atoms with Crippen molar-refractivity contribution in [2.45, 2.75) is 25.8 Å². The molecule has 0 bridgehead atoms. The Morgan fingerprint density at radius 1 is 1.42 bits per heavy atom. The summed E-state index contributed by atoms with van der Waals surface area (Å²) in [6.07, 6.45) is 5.21. The van der Waals surface area contributed by atoms with E-state index in [1.165, 1.54) is 0 Å². The van der Waals surface area contributed by atoms with Gasteiger partial charge in [0.25, 0.3) is 0 Å². The molecule has 0 aliphatic heterocycles. The highest BCUT2D eigenvalue weighted by Gasteiger charge is 2.22. The number of hydrogen-bond donors (Lipinski definition) is 3. The van der Waals surface area contributed by atoms with Crippen molar-refractivity contribution in [2.75, 3.05) is 5.32 Å². The molecule has 0 atom stereocenters. The molecular formula is C13H16N4O2. The SMILES string of the molecule is CC(C)(CC(=O)O)Nc1ncc(-c2ccc[nH]2)cn1. The lowest BCUT2D eigenvalue weighted by molar-refractivity contribution is -0.137. The fraction of sp³-hybridized carbons (Fsp3) is 0.308. The van der Waals surface area contributed by atoms with Gasteiger partial charge in [0.05, 0.1) is 6.42 Å². The van der Waals surface area contributed by atoms with Crippen LogP contribution in [0, 0.1) is 0 Å². The van der Waals surface area contributed by atoms with Crippen molar-refractivity contribution in [3.05, 3.63) is 30.7 Å². The summed E-state index contributed by atoms with van der Waals surface area (Å²) < 4.78 is 0. The Bertz CT molecular complexity index is 547. The second-order valence-corrected chi connectivity index (χ2v) is 4.96. The summed E-state index contributed by atoms with van der Waals surface area (Å²) in [6, 6.07) is 3.83. The molecule has 2 aromatic rings. The molecule has 0 fully saturated rings. The molecule has 0 unspecified atom stereocenters. The van der Waals surface area contributed by atoms with Gasteiger partial charge < -0.3 is 15.4 Å². The smallest absolute Gasteiger partial charge is 0.305 e. The molecule has 0 saturated heterocycles. The van der Waals surface area contributed by atoms with Gasteiger partial charge >= 0.3 is 5.97 Å². The molecule has 0 aromatic carbocycles. The lowest BCUT2D eigenvalue weighted by atomic mass is 10.0. The van der Waals surface area contributed by atoms with Crippen molar-refractivity contribution in [3.63, 3.8) is 0 Å². The first kappa shape index (κ1) is 13.1. The normalized spacial score (nSPS) is 11.3. The molecule has 2 rings (SSSR count). The van der Waals surface area contributed by atoms with Gasteiger partial charge in [0.15, 0.2) is 0 Å². The van der Waals surface area contributed by atoms with Crippen LogP contribution >= 0.6 is 0 Å². The Kier molecular flexibility index (Phi) is 3.50. The topological polar surface area (TPSA) is 90.9 Å². The molecular weight excluding hydrogens is 244 g/mol. The van der Waals surface area contributed by atoms with Gasteiger partial charge in [0, 0.05) is 35.4 Å². The molecule has 0 radical (unpaired) electrons. The molecule has 0 aliphatic rings. The minimum atomic E-state index is -0.861. The van der Waals surface area contributed by atoms with Crippen LogP contribution in [0.15, 0.2) is 30.7 Å². The zero-order valence-corrected chi connectivity index (χ0v) is 10.8. The van der Waals surface area contributed by atoms with Crippen LogP contribution in [0.4, 0.5) is 5.95 Å². The van der Waals surface area contributed by atoms with E-state index in [0.29, 0.717) is 5.95 Å². The van der Waals surface area contributed by atoms with Gasteiger partial charge in [-0.1, -0.05) is 0 Å². The lowest BCUT2D eigenvalue weighted by Gasteiger charge is -2.24. The molecule has 100 valence electrons. The monoisotopic (exact) mass is 260 g/mol. The van der Waals surface area contributed by atoms with E-state index in [0.717, 1.165) is 11.3 Å². The summed E-state index contributed by atoms with van der Waals surface area (Å²) in [6.45, 7) is 3.59. The van der Waals surface area contributed by atoms with E-state index in [1.54, 1.807) is 26.2 Å². The van der Waals surface area contributed by atoms with Gasteiger partial charge in [0.1, 0.15) is 0 Å². The Hall–Kier alpha value is -2.37. The van der Waals surface area contributed by atoms with E-state index < -0.39 is 11.5 Å². The van der Waals surface area contributed by atoms with Crippen molar-refractivity contribution in [2.24, 2.45) is 0 Å². The number of nitrogens with one attached hydrogen (secondary N) is 2. The number of H-pyrrole nitrogens is 1.